The first-order valence-corrected chi connectivity index (χ1v) is 8.19. The van der Waals surface area contributed by atoms with Crippen LogP contribution in [0.5, 0.6) is 5.75 Å². The molecule has 0 atom stereocenters. The summed E-state index contributed by atoms with van der Waals surface area (Å²) in [4.78, 5) is 0. The van der Waals surface area contributed by atoms with Gasteiger partial charge in [0.2, 0.25) is 10.5 Å². The lowest BCUT2D eigenvalue weighted by Gasteiger charge is -2.04. The average molecular weight is 453 g/mol. The molecule has 0 N–H and O–H groups in total. The number of hydrogen-bond donors (Lipinski definition) is 0. The molecular weight excluding hydrogens is 429 g/mol. The molecule has 0 aliphatic rings. The summed E-state index contributed by atoms with van der Waals surface area (Å²) in [5.41, 5.74) is 1.20. The van der Waals surface area contributed by atoms with Gasteiger partial charge in [0.1, 0.15) is 17.1 Å². The van der Waals surface area contributed by atoms with Crippen LogP contribution in [0.25, 0.3) is 10.2 Å². The molecule has 0 fully saturated rings. The van der Waals surface area contributed by atoms with E-state index in [-0.39, 0.29) is 24.0 Å². The Morgan fingerprint density at radius 3 is 2.39 bits per heavy atom. The highest BCUT2D eigenvalue weighted by molar-refractivity contribution is 7.18. The molecule has 0 aliphatic heterocycles. The molecule has 0 aliphatic carbocycles. The van der Waals surface area contributed by atoms with Crippen LogP contribution in [0.15, 0.2) is 18.2 Å². The predicted molar refractivity (Wildman–Crippen MR) is 86.8 cm³/mol. The van der Waals surface area contributed by atoms with Gasteiger partial charge in [0.15, 0.2) is 6.54 Å². The third-order valence-electron chi connectivity index (χ3n) is 3.36. The fourth-order valence-electron chi connectivity index (χ4n) is 2.20. The highest BCUT2D eigenvalue weighted by Gasteiger charge is 2.17. The minimum absolute atomic E-state index is 0. The third-order valence-corrected chi connectivity index (χ3v) is 4.44. The number of aromatic nitrogens is 1. The Balaban J connectivity index is 0.00000264. The van der Waals surface area contributed by atoms with Crippen molar-refractivity contribution in [2.45, 2.75) is 13.5 Å². The third kappa shape index (κ3) is 6.15. The van der Waals surface area contributed by atoms with Crippen molar-refractivity contribution in [1.29, 1.82) is 0 Å². The van der Waals surface area contributed by atoms with Gasteiger partial charge in [0, 0.05) is 14.0 Å². The summed E-state index contributed by atoms with van der Waals surface area (Å²) >= 11 is 1.79. The van der Waals surface area contributed by atoms with Gasteiger partial charge in [-0.3, -0.25) is 0 Å². The summed E-state index contributed by atoms with van der Waals surface area (Å²) in [5.74, 6) is 0.881. The van der Waals surface area contributed by atoms with Crippen LogP contribution in [0, 0.1) is 6.92 Å². The standard InChI is InChI=1S/C16H24NO4S.HI/c1-13-17(6-7-20-10-11-21-9-8-18-2)15-12-14(19-3)4-5-16(15)22-13;/h4-5,12H,6-11H2,1-3H3;1H/q+1;/p-1. The second kappa shape index (κ2) is 11.1. The number of benzene rings is 1. The van der Waals surface area contributed by atoms with Crippen LogP contribution in [0.4, 0.5) is 0 Å². The van der Waals surface area contributed by atoms with Crippen molar-refractivity contribution in [3.8, 4) is 5.75 Å². The van der Waals surface area contributed by atoms with Crippen molar-refractivity contribution >= 4 is 21.6 Å². The van der Waals surface area contributed by atoms with Crippen molar-refractivity contribution in [2.75, 3.05) is 47.3 Å². The first kappa shape index (κ1) is 20.6. The molecule has 0 radical (unpaired) electrons. The number of aryl methyl sites for hydroxylation is 1. The molecule has 5 nitrogen and oxygen atoms in total. The Morgan fingerprint density at radius 1 is 1.00 bits per heavy atom. The Bertz CT molecular complexity index is 591. The fourth-order valence-corrected chi connectivity index (χ4v) is 3.23. The molecular formula is C16H24INO4S. The Hall–Kier alpha value is -0.480. The predicted octanol–water partition coefficient (Wildman–Crippen LogP) is -0.811. The second-order valence-electron chi connectivity index (χ2n) is 4.82. The van der Waals surface area contributed by atoms with E-state index in [1.54, 1.807) is 25.6 Å². The van der Waals surface area contributed by atoms with E-state index in [1.165, 1.54) is 15.2 Å². The van der Waals surface area contributed by atoms with Gasteiger partial charge >= 0.3 is 0 Å². The summed E-state index contributed by atoms with van der Waals surface area (Å²) < 4.78 is 24.8. The molecule has 1 heterocycles. The normalized spacial score (nSPS) is 10.7. The molecule has 0 saturated carbocycles. The molecule has 0 saturated heterocycles. The van der Waals surface area contributed by atoms with E-state index < -0.39 is 0 Å². The van der Waals surface area contributed by atoms with E-state index in [1.807, 2.05) is 6.07 Å². The molecule has 130 valence electrons. The lowest BCUT2D eigenvalue weighted by Crippen LogP contribution is -3.00. The molecule has 2 aromatic rings. The molecule has 0 unspecified atom stereocenters. The maximum atomic E-state index is 5.63. The summed E-state index contributed by atoms with van der Waals surface area (Å²) in [6.07, 6.45) is 0. The summed E-state index contributed by atoms with van der Waals surface area (Å²) in [5, 5.41) is 1.27. The smallest absolute Gasteiger partial charge is 0.235 e. The molecule has 0 spiro atoms. The molecule has 0 bridgehead atoms. The van der Waals surface area contributed by atoms with Crippen molar-refractivity contribution in [3.05, 3.63) is 23.2 Å². The van der Waals surface area contributed by atoms with Crippen molar-refractivity contribution in [2.24, 2.45) is 0 Å². The monoisotopic (exact) mass is 453 g/mol. The van der Waals surface area contributed by atoms with Crippen LogP contribution in [0.2, 0.25) is 0 Å². The number of halogens is 1. The van der Waals surface area contributed by atoms with Gasteiger partial charge < -0.3 is 42.9 Å². The molecule has 1 aromatic heterocycles. The maximum absolute atomic E-state index is 5.63. The number of thiazole rings is 1. The van der Waals surface area contributed by atoms with Crippen LogP contribution in [-0.4, -0.2) is 47.3 Å². The number of ether oxygens (including phenoxy) is 4. The zero-order valence-electron chi connectivity index (χ0n) is 13.8. The molecule has 7 heteroatoms. The molecule has 2 rings (SSSR count). The number of rotatable bonds is 10. The van der Waals surface area contributed by atoms with Gasteiger partial charge in [0.25, 0.3) is 0 Å². The van der Waals surface area contributed by atoms with E-state index in [0.29, 0.717) is 33.0 Å². The fraction of sp³-hybridized carbons (Fsp3) is 0.562. The van der Waals surface area contributed by atoms with E-state index in [9.17, 15) is 0 Å². The van der Waals surface area contributed by atoms with E-state index in [0.717, 1.165) is 12.3 Å². The van der Waals surface area contributed by atoms with Gasteiger partial charge in [-0.2, -0.15) is 4.57 Å². The van der Waals surface area contributed by atoms with Gasteiger partial charge in [0.05, 0.1) is 39.6 Å². The lowest BCUT2D eigenvalue weighted by molar-refractivity contribution is -0.674. The van der Waals surface area contributed by atoms with Gasteiger partial charge in [-0.05, 0) is 12.1 Å². The zero-order valence-corrected chi connectivity index (χ0v) is 16.8. The zero-order chi connectivity index (χ0) is 15.8. The van der Waals surface area contributed by atoms with Crippen LogP contribution in [-0.2, 0) is 20.8 Å². The summed E-state index contributed by atoms with van der Waals surface area (Å²) in [6.45, 7) is 6.07. The largest absolute Gasteiger partial charge is 1.00 e. The topological polar surface area (TPSA) is 40.8 Å². The van der Waals surface area contributed by atoms with Crippen LogP contribution >= 0.6 is 11.3 Å². The molecule has 23 heavy (non-hydrogen) atoms. The average Bonchev–Trinajstić information content (AvgIpc) is 2.84. The number of hydrogen-bond acceptors (Lipinski definition) is 5. The molecule has 1 aromatic carbocycles. The highest BCUT2D eigenvalue weighted by Crippen LogP contribution is 2.24. The SMILES string of the molecule is COCCOCCOCC[n+]1c(C)sc2ccc(OC)cc21.[I-]. The Kier molecular flexibility index (Phi) is 9.96. The van der Waals surface area contributed by atoms with Gasteiger partial charge in [-0.1, -0.05) is 11.3 Å². The van der Waals surface area contributed by atoms with Crippen LogP contribution < -0.4 is 33.3 Å². The van der Waals surface area contributed by atoms with E-state index in [4.69, 9.17) is 18.9 Å². The summed E-state index contributed by atoms with van der Waals surface area (Å²) in [7, 11) is 3.36. The first-order valence-electron chi connectivity index (χ1n) is 7.37. The second-order valence-corrected chi connectivity index (χ2v) is 6.06. The van der Waals surface area contributed by atoms with Crippen LogP contribution in [0.3, 0.4) is 0 Å². The number of nitrogens with zero attached hydrogens (tertiary/aromatic N) is 1. The Labute approximate surface area is 158 Å². The van der Waals surface area contributed by atoms with Crippen LogP contribution in [0.1, 0.15) is 5.01 Å². The number of fused-ring (bicyclic) bond motifs is 1. The summed E-state index contributed by atoms with van der Waals surface area (Å²) in [6, 6.07) is 6.18. The Morgan fingerprint density at radius 2 is 1.70 bits per heavy atom. The molecule has 0 amide bonds. The van der Waals surface area contributed by atoms with Crippen molar-refractivity contribution in [1.82, 2.24) is 0 Å². The quantitative estimate of drug-likeness (QED) is 0.268. The lowest BCUT2D eigenvalue weighted by atomic mass is 10.3. The van der Waals surface area contributed by atoms with Gasteiger partial charge in [-0.25, -0.2) is 0 Å². The van der Waals surface area contributed by atoms with E-state index in [2.05, 4.69) is 23.6 Å². The maximum Gasteiger partial charge on any atom is 0.235 e. The highest BCUT2D eigenvalue weighted by atomic mass is 127. The first-order chi connectivity index (χ1) is 10.8. The van der Waals surface area contributed by atoms with Crippen molar-refractivity contribution < 1.29 is 47.5 Å². The van der Waals surface area contributed by atoms with Crippen molar-refractivity contribution in [3.63, 3.8) is 0 Å². The number of methoxy groups -OCH3 is 2. The minimum atomic E-state index is 0. The van der Waals surface area contributed by atoms with E-state index >= 15 is 0 Å². The minimum Gasteiger partial charge on any atom is -1.00 e. The van der Waals surface area contributed by atoms with Gasteiger partial charge in [-0.15, -0.1) is 0 Å².